The normalized spacial score (nSPS) is 10.8. The number of pyridine rings is 1. The summed E-state index contributed by atoms with van der Waals surface area (Å²) >= 11 is 0. The molecular weight excluding hydrogens is 246 g/mol. The van der Waals surface area contributed by atoms with Crippen LogP contribution in [0.15, 0.2) is 18.2 Å². The minimum atomic E-state index is -1.12. The number of aliphatic hydroxyl groups excluding tert-OH is 1. The molecule has 0 spiro atoms. The average Bonchev–Trinajstić information content (AvgIpc) is 2.37. The second kappa shape index (κ2) is 5.24. The number of aromatic hydroxyl groups is 1. The van der Waals surface area contributed by atoms with E-state index in [1.165, 1.54) is 6.07 Å². The number of phenols is 1. The lowest BCUT2D eigenvalue weighted by atomic mass is 9.97. The topological polar surface area (TPSA) is 90.7 Å². The lowest BCUT2D eigenvalue weighted by Crippen LogP contribution is -2.08. The van der Waals surface area contributed by atoms with E-state index in [0.717, 1.165) is 10.9 Å². The molecule has 0 bridgehead atoms. The smallest absolute Gasteiger partial charge is 0.354 e. The van der Waals surface area contributed by atoms with E-state index in [-0.39, 0.29) is 18.1 Å². The molecule has 5 nitrogen and oxygen atoms in total. The number of aryl methyl sites for hydroxylation is 1. The van der Waals surface area contributed by atoms with Gasteiger partial charge in [0, 0.05) is 12.0 Å². The van der Waals surface area contributed by atoms with Crippen LogP contribution in [0.5, 0.6) is 5.75 Å². The van der Waals surface area contributed by atoms with Crippen molar-refractivity contribution in [3.05, 3.63) is 35.0 Å². The molecule has 2 aromatic rings. The Bertz CT molecular complexity index is 637. The molecule has 0 aliphatic heterocycles. The van der Waals surface area contributed by atoms with E-state index in [0.29, 0.717) is 23.9 Å². The molecule has 2 rings (SSSR count). The molecule has 1 aromatic heterocycles. The molecular formula is C14H15NO4. The van der Waals surface area contributed by atoms with Crippen molar-refractivity contribution in [2.24, 2.45) is 0 Å². The van der Waals surface area contributed by atoms with Gasteiger partial charge in [0.15, 0.2) is 5.69 Å². The molecule has 0 atom stereocenters. The Morgan fingerprint density at radius 3 is 2.74 bits per heavy atom. The Morgan fingerprint density at radius 2 is 2.11 bits per heavy atom. The molecule has 19 heavy (non-hydrogen) atoms. The molecule has 1 heterocycles. The number of rotatable bonds is 4. The maximum absolute atomic E-state index is 11.2. The summed E-state index contributed by atoms with van der Waals surface area (Å²) in [4.78, 5) is 15.2. The Morgan fingerprint density at radius 1 is 1.37 bits per heavy atom. The summed E-state index contributed by atoms with van der Waals surface area (Å²) in [5.74, 6) is -1.15. The average molecular weight is 261 g/mol. The van der Waals surface area contributed by atoms with Gasteiger partial charge in [-0.15, -0.1) is 0 Å². The standard InChI is InChI=1S/C14H15NO4/c1-8-9(5-3-7-16)10-4-2-6-11(17)13(10)15-12(8)14(18)19/h2,4,6,16-17H,3,5,7H2,1H3,(H,18,19). The molecule has 0 aliphatic carbocycles. The van der Waals surface area contributed by atoms with Crippen molar-refractivity contribution in [1.82, 2.24) is 4.98 Å². The number of aliphatic hydroxyl groups is 1. The van der Waals surface area contributed by atoms with E-state index in [9.17, 15) is 15.0 Å². The number of benzene rings is 1. The maximum atomic E-state index is 11.2. The van der Waals surface area contributed by atoms with E-state index >= 15 is 0 Å². The van der Waals surface area contributed by atoms with Crippen molar-refractivity contribution >= 4 is 16.9 Å². The third-order valence-corrected chi connectivity index (χ3v) is 3.16. The molecule has 1 aromatic carbocycles. The summed E-state index contributed by atoms with van der Waals surface area (Å²) in [6.45, 7) is 1.73. The van der Waals surface area contributed by atoms with Crippen LogP contribution < -0.4 is 0 Å². The number of para-hydroxylation sites is 1. The molecule has 100 valence electrons. The van der Waals surface area contributed by atoms with Gasteiger partial charge in [-0.1, -0.05) is 12.1 Å². The van der Waals surface area contributed by atoms with Gasteiger partial charge in [0.05, 0.1) is 0 Å². The van der Waals surface area contributed by atoms with Crippen LogP contribution in [0, 0.1) is 6.92 Å². The molecule has 0 amide bonds. The van der Waals surface area contributed by atoms with Crippen LogP contribution >= 0.6 is 0 Å². The largest absolute Gasteiger partial charge is 0.506 e. The van der Waals surface area contributed by atoms with Gasteiger partial charge in [-0.05, 0) is 37.0 Å². The van der Waals surface area contributed by atoms with Gasteiger partial charge < -0.3 is 15.3 Å². The first-order valence-corrected chi connectivity index (χ1v) is 6.01. The summed E-state index contributed by atoms with van der Waals surface area (Å²) in [6.07, 6.45) is 1.08. The molecule has 3 N–H and O–H groups in total. The summed E-state index contributed by atoms with van der Waals surface area (Å²) in [5.41, 5.74) is 1.63. The number of hydrogen-bond acceptors (Lipinski definition) is 4. The lowest BCUT2D eigenvalue weighted by Gasteiger charge is -2.12. The van der Waals surface area contributed by atoms with Gasteiger partial charge in [0.1, 0.15) is 11.3 Å². The number of aromatic carboxylic acids is 1. The highest BCUT2D eigenvalue weighted by atomic mass is 16.4. The fraction of sp³-hybridized carbons (Fsp3) is 0.286. The number of carbonyl (C=O) groups is 1. The van der Waals surface area contributed by atoms with Gasteiger partial charge in [-0.25, -0.2) is 9.78 Å². The Kier molecular flexibility index (Phi) is 3.66. The van der Waals surface area contributed by atoms with Crippen molar-refractivity contribution < 1.29 is 20.1 Å². The van der Waals surface area contributed by atoms with E-state index in [2.05, 4.69) is 4.98 Å². The Hall–Kier alpha value is -2.14. The zero-order valence-corrected chi connectivity index (χ0v) is 10.6. The molecule has 0 aliphatic rings. The number of phenolic OH excluding ortho intramolecular Hbond substituents is 1. The van der Waals surface area contributed by atoms with Gasteiger partial charge >= 0.3 is 5.97 Å². The van der Waals surface area contributed by atoms with E-state index in [4.69, 9.17) is 5.11 Å². The van der Waals surface area contributed by atoms with Crippen molar-refractivity contribution in [3.8, 4) is 5.75 Å². The zero-order chi connectivity index (χ0) is 14.0. The van der Waals surface area contributed by atoms with Crippen LogP contribution in [0.4, 0.5) is 0 Å². The predicted octanol–water partition coefficient (Wildman–Crippen LogP) is 1.87. The monoisotopic (exact) mass is 261 g/mol. The third kappa shape index (κ3) is 2.37. The fourth-order valence-corrected chi connectivity index (χ4v) is 2.22. The molecule has 0 saturated heterocycles. The van der Waals surface area contributed by atoms with Crippen molar-refractivity contribution in [3.63, 3.8) is 0 Å². The highest BCUT2D eigenvalue weighted by Crippen LogP contribution is 2.29. The maximum Gasteiger partial charge on any atom is 0.354 e. The quantitative estimate of drug-likeness (QED) is 0.781. The number of carboxylic acids is 1. The van der Waals surface area contributed by atoms with Crippen LogP contribution in [-0.2, 0) is 6.42 Å². The first kappa shape index (κ1) is 13.3. The molecule has 5 heteroatoms. The summed E-state index contributed by atoms with van der Waals surface area (Å²) in [5, 5.41) is 28.7. The Labute approximate surface area is 110 Å². The number of nitrogens with zero attached hydrogens (tertiary/aromatic N) is 1. The summed E-state index contributed by atoms with van der Waals surface area (Å²) < 4.78 is 0. The van der Waals surface area contributed by atoms with Crippen molar-refractivity contribution in [1.29, 1.82) is 0 Å². The van der Waals surface area contributed by atoms with Crippen molar-refractivity contribution in [2.45, 2.75) is 19.8 Å². The number of aromatic nitrogens is 1. The minimum Gasteiger partial charge on any atom is -0.506 e. The van der Waals surface area contributed by atoms with Gasteiger partial charge in [-0.2, -0.15) is 0 Å². The summed E-state index contributed by atoms with van der Waals surface area (Å²) in [6, 6.07) is 4.97. The predicted molar refractivity (Wildman–Crippen MR) is 70.5 cm³/mol. The Balaban J connectivity index is 2.76. The first-order valence-electron chi connectivity index (χ1n) is 6.01. The highest BCUT2D eigenvalue weighted by Gasteiger charge is 2.17. The molecule has 0 saturated carbocycles. The van der Waals surface area contributed by atoms with Gasteiger partial charge in [-0.3, -0.25) is 0 Å². The number of carboxylic acid groups (broad SMARTS) is 1. The summed E-state index contributed by atoms with van der Waals surface area (Å²) in [7, 11) is 0. The molecule has 0 radical (unpaired) electrons. The van der Waals surface area contributed by atoms with Crippen LogP contribution in [0.2, 0.25) is 0 Å². The highest BCUT2D eigenvalue weighted by molar-refractivity contribution is 5.95. The lowest BCUT2D eigenvalue weighted by molar-refractivity contribution is 0.0690. The molecule has 0 unspecified atom stereocenters. The van der Waals surface area contributed by atoms with E-state index < -0.39 is 5.97 Å². The van der Waals surface area contributed by atoms with Gasteiger partial charge in [0.25, 0.3) is 0 Å². The third-order valence-electron chi connectivity index (χ3n) is 3.16. The molecule has 0 fully saturated rings. The van der Waals surface area contributed by atoms with Crippen LogP contribution in [0.1, 0.15) is 28.0 Å². The zero-order valence-electron chi connectivity index (χ0n) is 10.6. The first-order chi connectivity index (χ1) is 9.06. The second-order valence-corrected chi connectivity index (χ2v) is 4.37. The van der Waals surface area contributed by atoms with E-state index in [1.807, 2.05) is 0 Å². The number of fused-ring (bicyclic) bond motifs is 1. The van der Waals surface area contributed by atoms with Crippen LogP contribution in [-0.4, -0.2) is 32.9 Å². The van der Waals surface area contributed by atoms with Gasteiger partial charge in [0.2, 0.25) is 0 Å². The second-order valence-electron chi connectivity index (χ2n) is 4.37. The van der Waals surface area contributed by atoms with Crippen LogP contribution in [0.3, 0.4) is 0 Å². The fourth-order valence-electron chi connectivity index (χ4n) is 2.22. The van der Waals surface area contributed by atoms with Crippen molar-refractivity contribution in [2.75, 3.05) is 6.61 Å². The number of hydrogen-bond donors (Lipinski definition) is 3. The van der Waals surface area contributed by atoms with E-state index in [1.54, 1.807) is 19.1 Å². The SMILES string of the molecule is Cc1c(C(=O)O)nc2c(O)cccc2c1CCCO. The van der Waals surface area contributed by atoms with Crippen LogP contribution in [0.25, 0.3) is 10.9 Å². The minimum absolute atomic E-state index is 0.0322.